The van der Waals surface area contributed by atoms with Gasteiger partial charge < -0.3 is 10.8 Å². The van der Waals surface area contributed by atoms with Crippen LogP contribution >= 0.6 is 0 Å². The molecule has 0 aromatic heterocycles. The van der Waals surface area contributed by atoms with E-state index in [9.17, 15) is 8.42 Å². The monoisotopic (exact) mass is 287 g/mol. The molecule has 0 aliphatic carbocycles. The van der Waals surface area contributed by atoms with Crippen molar-refractivity contribution in [2.75, 3.05) is 30.2 Å². The second-order valence-corrected chi connectivity index (χ2v) is 6.38. The van der Waals surface area contributed by atoms with Gasteiger partial charge in [-0.1, -0.05) is 12.1 Å². The summed E-state index contributed by atoms with van der Waals surface area (Å²) in [5.74, 6) is 0. The highest BCUT2D eigenvalue weighted by Gasteiger charge is 2.29. The van der Waals surface area contributed by atoms with Crippen molar-refractivity contribution in [3.8, 4) is 0 Å². The Morgan fingerprint density at radius 3 is 2.37 bits per heavy atom. The van der Waals surface area contributed by atoms with Gasteiger partial charge in [-0.3, -0.25) is 4.31 Å². The summed E-state index contributed by atoms with van der Waals surface area (Å²) in [7, 11) is -2.21. The first kappa shape index (κ1) is 15.7. The maximum atomic E-state index is 12.5. The zero-order valence-corrected chi connectivity index (χ0v) is 12.3. The van der Waals surface area contributed by atoms with Crippen LogP contribution in [0.4, 0.5) is 11.4 Å². The summed E-state index contributed by atoms with van der Waals surface area (Å²) < 4.78 is 27.4. The summed E-state index contributed by atoms with van der Waals surface area (Å²) in [4.78, 5) is 0. The second kappa shape index (κ2) is 6.23. The van der Waals surface area contributed by atoms with Crippen molar-refractivity contribution in [1.29, 1.82) is 0 Å². The fourth-order valence-corrected chi connectivity index (χ4v) is 3.16. The van der Waals surface area contributed by atoms with Gasteiger partial charge in [0, 0.05) is 13.1 Å². The third kappa shape index (κ3) is 3.37. The largest absolute Gasteiger partial charge is 0.397 e. The van der Waals surface area contributed by atoms with E-state index in [2.05, 4.69) is 0 Å². The molecular weight excluding hydrogens is 266 g/mol. The molecule has 19 heavy (non-hydrogen) atoms. The Morgan fingerprint density at radius 2 is 1.89 bits per heavy atom. The lowest BCUT2D eigenvalue weighted by molar-refractivity contribution is 0.305. The summed E-state index contributed by atoms with van der Waals surface area (Å²) in [6, 6.07) is 6.51. The Labute approximate surface area is 114 Å². The molecule has 3 N–H and O–H groups in total. The van der Waals surface area contributed by atoms with Crippen LogP contribution < -0.4 is 10.0 Å². The van der Waals surface area contributed by atoms with E-state index in [1.165, 1.54) is 11.4 Å². The highest BCUT2D eigenvalue weighted by Crippen LogP contribution is 2.26. The van der Waals surface area contributed by atoms with E-state index < -0.39 is 10.2 Å². The molecule has 0 radical (unpaired) electrons. The van der Waals surface area contributed by atoms with E-state index in [0.29, 0.717) is 11.4 Å². The highest BCUT2D eigenvalue weighted by molar-refractivity contribution is 7.90. The summed E-state index contributed by atoms with van der Waals surface area (Å²) >= 11 is 0. The van der Waals surface area contributed by atoms with Crippen molar-refractivity contribution < 1.29 is 13.5 Å². The Bertz CT molecular complexity index is 517. The van der Waals surface area contributed by atoms with Gasteiger partial charge in [0.1, 0.15) is 0 Å². The number of hydrogen-bond acceptors (Lipinski definition) is 4. The van der Waals surface area contributed by atoms with Crippen LogP contribution in [-0.2, 0) is 10.2 Å². The molecule has 0 amide bonds. The van der Waals surface area contributed by atoms with Gasteiger partial charge in [-0.25, -0.2) is 0 Å². The highest BCUT2D eigenvalue weighted by atomic mass is 32.2. The molecule has 1 rings (SSSR count). The van der Waals surface area contributed by atoms with Crippen molar-refractivity contribution in [2.24, 2.45) is 0 Å². The molecule has 6 nitrogen and oxygen atoms in total. The lowest BCUT2D eigenvalue weighted by atomic mass is 10.3. The lowest BCUT2D eigenvalue weighted by Gasteiger charge is -2.31. The Kier molecular flexibility index (Phi) is 5.16. The van der Waals surface area contributed by atoms with Gasteiger partial charge in [-0.2, -0.15) is 12.7 Å². The molecule has 0 bridgehead atoms. The standard InChI is InChI=1S/C12H21N3O3S/c1-10(2)14(3)19(17,18)15(8-9-16)12-7-5-4-6-11(12)13/h4-7,10,16H,8-9,13H2,1-3H3. The SMILES string of the molecule is CC(C)N(C)S(=O)(=O)N(CCO)c1ccccc1N. The van der Waals surface area contributed by atoms with E-state index in [1.807, 2.05) is 0 Å². The van der Waals surface area contributed by atoms with Crippen LogP contribution in [0.3, 0.4) is 0 Å². The van der Waals surface area contributed by atoms with Crippen LogP contribution in [0.25, 0.3) is 0 Å². The minimum atomic E-state index is -3.71. The van der Waals surface area contributed by atoms with Crippen LogP contribution in [-0.4, -0.2) is 44.1 Å². The molecule has 0 unspecified atom stereocenters. The van der Waals surface area contributed by atoms with Crippen LogP contribution in [0, 0.1) is 0 Å². The predicted molar refractivity (Wildman–Crippen MR) is 77.1 cm³/mol. The number of para-hydroxylation sites is 2. The Hall–Kier alpha value is -1.31. The molecule has 0 aliphatic heterocycles. The van der Waals surface area contributed by atoms with E-state index in [0.717, 1.165) is 4.31 Å². The van der Waals surface area contributed by atoms with Gasteiger partial charge in [0.15, 0.2) is 0 Å². The van der Waals surface area contributed by atoms with E-state index in [1.54, 1.807) is 38.1 Å². The normalized spacial score (nSPS) is 12.1. The topological polar surface area (TPSA) is 86.9 Å². The van der Waals surface area contributed by atoms with Gasteiger partial charge >= 0.3 is 10.2 Å². The van der Waals surface area contributed by atoms with E-state index >= 15 is 0 Å². The lowest BCUT2D eigenvalue weighted by Crippen LogP contribution is -2.46. The van der Waals surface area contributed by atoms with Crippen LogP contribution in [0.5, 0.6) is 0 Å². The smallest absolute Gasteiger partial charge is 0.304 e. The van der Waals surface area contributed by atoms with Gasteiger partial charge in [0.2, 0.25) is 0 Å². The molecule has 108 valence electrons. The molecule has 0 saturated heterocycles. The Balaban J connectivity index is 3.26. The number of benzene rings is 1. The van der Waals surface area contributed by atoms with Crippen LogP contribution in [0.15, 0.2) is 24.3 Å². The molecule has 1 aromatic carbocycles. The summed E-state index contributed by atoms with van der Waals surface area (Å²) in [6.07, 6.45) is 0. The van der Waals surface area contributed by atoms with Gasteiger partial charge in [0.05, 0.1) is 24.5 Å². The van der Waals surface area contributed by atoms with Crippen molar-refractivity contribution in [3.05, 3.63) is 24.3 Å². The summed E-state index contributed by atoms with van der Waals surface area (Å²) in [6.45, 7) is 3.25. The molecule has 0 fully saturated rings. The van der Waals surface area contributed by atoms with Gasteiger partial charge in [-0.15, -0.1) is 0 Å². The Morgan fingerprint density at radius 1 is 1.32 bits per heavy atom. The first-order valence-electron chi connectivity index (χ1n) is 6.03. The van der Waals surface area contributed by atoms with Gasteiger partial charge in [-0.05, 0) is 26.0 Å². The quantitative estimate of drug-likeness (QED) is 0.752. The van der Waals surface area contributed by atoms with Crippen molar-refractivity contribution >= 4 is 21.6 Å². The number of aliphatic hydroxyl groups excluding tert-OH is 1. The van der Waals surface area contributed by atoms with E-state index in [-0.39, 0.29) is 19.2 Å². The molecule has 0 saturated carbocycles. The second-order valence-electron chi connectivity index (χ2n) is 4.47. The first-order valence-corrected chi connectivity index (χ1v) is 7.43. The first-order chi connectivity index (χ1) is 8.82. The van der Waals surface area contributed by atoms with Crippen LogP contribution in [0.1, 0.15) is 13.8 Å². The average molecular weight is 287 g/mol. The summed E-state index contributed by atoms with van der Waals surface area (Å²) in [5.41, 5.74) is 6.56. The number of nitrogens with two attached hydrogens (primary N) is 1. The number of aliphatic hydroxyl groups is 1. The van der Waals surface area contributed by atoms with Gasteiger partial charge in [0.25, 0.3) is 0 Å². The minimum absolute atomic E-state index is 0.0341. The minimum Gasteiger partial charge on any atom is -0.397 e. The maximum Gasteiger partial charge on any atom is 0.304 e. The fraction of sp³-hybridized carbons (Fsp3) is 0.500. The zero-order chi connectivity index (χ0) is 14.6. The molecule has 0 spiro atoms. The summed E-state index contributed by atoms with van der Waals surface area (Å²) in [5, 5.41) is 9.11. The van der Waals surface area contributed by atoms with Crippen LogP contribution in [0.2, 0.25) is 0 Å². The van der Waals surface area contributed by atoms with E-state index in [4.69, 9.17) is 10.8 Å². The maximum absolute atomic E-state index is 12.5. The molecule has 0 atom stereocenters. The molecule has 7 heteroatoms. The molecule has 0 heterocycles. The van der Waals surface area contributed by atoms with Crippen molar-refractivity contribution in [3.63, 3.8) is 0 Å². The molecule has 0 aliphatic rings. The number of anilines is 2. The molecule has 1 aromatic rings. The number of nitrogen functional groups attached to an aromatic ring is 1. The predicted octanol–water partition coefficient (Wildman–Crippen LogP) is 0.652. The van der Waals surface area contributed by atoms with Crippen molar-refractivity contribution in [2.45, 2.75) is 19.9 Å². The molecular formula is C12H21N3O3S. The average Bonchev–Trinajstić information content (AvgIpc) is 2.35. The zero-order valence-electron chi connectivity index (χ0n) is 11.4. The van der Waals surface area contributed by atoms with Crippen molar-refractivity contribution in [1.82, 2.24) is 4.31 Å². The number of rotatable bonds is 6. The third-order valence-corrected chi connectivity index (χ3v) is 4.96. The fourth-order valence-electron chi connectivity index (χ4n) is 1.59. The number of hydrogen-bond donors (Lipinski definition) is 2. The third-order valence-electron chi connectivity index (χ3n) is 2.88. The number of nitrogens with zero attached hydrogens (tertiary/aromatic N) is 2.